The van der Waals surface area contributed by atoms with E-state index in [4.69, 9.17) is 0 Å². The lowest BCUT2D eigenvalue weighted by Crippen LogP contribution is -2.49. The first kappa shape index (κ1) is 20.6. The molecule has 0 bridgehead atoms. The third-order valence-electron chi connectivity index (χ3n) is 6.17. The van der Waals surface area contributed by atoms with Crippen LogP contribution >= 0.6 is 0 Å². The van der Waals surface area contributed by atoms with Gasteiger partial charge in [-0.25, -0.2) is 8.42 Å². The first-order valence-corrected chi connectivity index (χ1v) is 12.0. The van der Waals surface area contributed by atoms with Crippen LogP contribution in [0.5, 0.6) is 0 Å². The molecule has 3 rings (SSSR count). The van der Waals surface area contributed by atoms with Gasteiger partial charge >= 0.3 is 0 Å². The summed E-state index contributed by atoms with van der Waals surface area (Å²) < 4.78 is 24.9. The van der Waals surface area contributed by atoms with Gasteiger partial charge in [-0.1, -0.05) is 13.0 Å². The van der Waals surface area contributed by atoms with Gasteiger partial charge in [0, 0.05) is 38.4 Å². The molecule has 1 aromatic rings. The predicted molar refractivity (Wildman–Crippen MR) is 112 cm³/mol. The van der Waals surface area contributed by atoms with E-state index >= 15 is 0 Å². The first-order valence-electron chi connectivity index (χ1n) is 10.4. The summed E-state index contributed by atoms with van der Waals surface area (Å²) in [4.78, 5) is 7.92. The molecule has 2 fully saturated rings. The number of piperidine rings is 1. The van der Waals surface area contributed by atoms with E-state index in [2.05, 4.69) is 21.6 Å². The van der Waals surface area contributed by atoms with Crippen molar-refractivity contribution >= 4 is 15.5 Å². The molecule has 6 heteroatoms. The average molecular weight is 394 g/mol. The molecule has 2 heterocycles. The van der Waals surface area contributed by atoms with Crippen LogP contribution in [-0.2, 0) is 9.84 Å². The van der Waals surface area contributed by atoms with Gasteiger partial charge in [0.2, 0.25) is 0 Å². The molecule has 0 atom stereocenters. The molecule has 2 aliphatic heterocycles. The summed E-state index contributed by atoms with van der Waals surface area (Å²) in [6, 6.07) is 7.48. The average Bonchev–Trinajstić information content (AvgIpc) is 2.69. The van der Waals surface area contributed by atoms with E-state index in [0.717, 1.165) is 37.8 Å². The van der Waals surface area contributed by atoms with Crippen molar-refractivity contribution in [3.8, 4) is 0 Å². The highest BCUT2D eigenvalue weighted by atomic mass is 32.2. The lowest BCUT2D eigenvalue weighted by atomic mass is 9.96. The number of benzene rings is 1. The molecule has 2 aliphatic rings. The zero-order valence-corrected chi connectivity index (χ0v) is 17.9. The maximum Gasteiger partial charge on any atom is 0.180 e. The highest BCUT2D eigenvalue weighted by Crippen LogP contribution is 2.24. The molecular formula is C21H35N3O2S. The Hall–Kier alpha value is -1.11. The van der Waals surface area contributed by atoms with Crippen molar-refractivity contribution < 1.29 is 8.42 Å². The maximum atomic E-state index is 12.5. The lowest BCUT2D eigenvalue weighted by Gasteiger charge is -2.39. The molecule has 0 aliphatic carbocycles. The second-order valence-corrected chi connectivity index (χ2v) is 10.8. The normalized spacial score (nSPS) is 21.1. The highest BCUT2D eigenvalue weighted by Gasteiger charge is 2.24. The van der Waals surface area contributed by atoms with Gasteiger partial charge in [0.05, 0.1) is 10.1 Å². The quantitative estimate of drug-likeness (QED) is 0.744. The molecule has 27 heavy (non-hydrogen) atoms. The fourth-order valence-corrected chi connectivity index (χ4v) is 5.27. The van der Waals surface area contributed by atoms with E-state index < -0.39 is 9.84 Å². The van der Waals surface area contributed by atoms with Crippen LogP contribution in [-0.4, -0.2) is 75.8 Å². The third-order valence-corrected chi connectivity index (χ3v) is 8.33. The molecule has 0 radical (unpaired) electrons. The summed E-state index contributed by atoms with van der Waals surface area (Å²) in [5.41, 5.74) is 1.03. The Morgan fingerprint density at radius 1 is 1.00 bits per heavy atom. The Morgan fingerprint density at radius 3 is 2.26 bits per heavy atom. The fraction of sp³-hybridized carbons (Fsp3) is 0.714. The molecule has 5 nitrogen and oxygen atoms in total. The number of likely N-dealkylation sites (tertiary alicyclic amines) is 1. The summed E-state index contributed by atoms with van der Waals surface area (Å²) in [6.45, 7) is 14.7. The lowest BCUT2D eigenvalue weighted by molar-refractivity contribution is 0.143. The van der Waals surface area contributed by atoms with Crippen LogP contribution in [0.15, 0.2) is 29.2 Å². The van der Waals surface area contributed by atoms with Crippen molar-refractivity contribution in [1.82, 2.24) is 9.80 Å². The van der Waals surface area contributed by atoms with Crippen LogP contribution in [0.2, 0.25) is 0 Å². The van der Waals surface area contributed by atoms with Crippen LogP contribution in [0.4, 0.5) is 5.69 Å². The Bertz CT molecular complexity index is 704. The van der Waals surface area contributed by atoms with Gasteiger partial charge in [-0.05, 0) is 70.4 Å². The number of rotatable bonds is 6. The topological polar surface area (TPSA) is 43.9 Å². The molecule has 0 N–H and O–H groups in total. The van der Waals surface area contributed by atoms with Crippen LogP contribution in [0.1, 0.15) is 33.6 Å². The number of sulfone groups is 1. The third kappa shape index (κ3) is 5.04. The van der Waals surface area contributed by atoms with Gasteiger partial charge in [0.25, 0.3) is 0 Å². The zero-order valence-electron chi connectivity index (χ0n) is 17.1. The maximum absolute atomic E-state index is 12.5. The smallest absolute Gasteiger partial charge is 0.180 e. The van der Waals surface area contributed by atoms with Gasteiger partial charge in [-0.3, -0.25) is 4.90 Å². The second-order valence-electron chi connectivity index (χ2n) is 8.26. The van der Waals surface area contributed by atoms with Crippen LogP contribution < -0.4 is 4.90 Å². The molecule has 0 aromatic heterocycles. The Balaban J connectivity index is 1.54. The summed E-state index contributed by atoms with van der Waals surface area (Å²) in [5.74, 6) is 0.832. The van der Waals surface area contributed by atoms with Gasteiger partial charge in [-0.15, -0.1) is 0 Å². The number of anilines is 1. The van der Waals surface area contributed by atoms with E-state index in [0.29, 0.717) is 4.90 Å². The van der Waals surface area contributed by atoms with Crippen molar-refractivity contribution in [2.75, 3.05) is 57.3 Å². The summed E-state index contributed by atoms with van der Waals surface area (Å²) in [7, 11) is -3.22. The summed E-state index contributed by atoms with van der Waals surface area (Å²) in [5, 5.41) is -0.385. The van der Waals surface area contributed by atoms with Gasteiger partial charge in [-0.2, -0.15) is 0 Å². The monoisotopic (exact) mass is 393 g/mol. The van der Waals surface area contributed by atoms with E-state index in [1.165, 1.54) is 39.0 Å². The minimum absolute atomic E-state index is 0.385. The molecule has 152 valence electrons. The van der Waals surface area contributed by atoms with Crippen molar-refractivity contribution in [1.29, 1.82) is 0 Å². The van der Waals surface area contributed by atoms with Gasteiger partial charge < -0.3 is 9.80 Å². The Kier molecular flexibility index (Phi) is 6.82. The second kappa shape index (κ2) is 8.93. The van der Waals surface area contributed by atoms with Crippen molar-refractivity contribution in [2.45, 2.75) is 43.8 Å². The number of nitrogens with zero attached hydrogens (tertiary/aromatic N) is 3. The van der Waals surface area contributed by atoms with Gasteiger partial charge in [0.15, 0.2) is 9.84 Å². The number of hydrogen-bond acceptors (Lipinski definition) is 5. The number of hydrogen-bond donors (Lipinski definition) is 0. The molecule has 1 aromatic carbocycles. The zero-order chi connectivity index (χ0) is 19.4. The molecule has 0 unspecified atom stereocenters. The molecule has 2 saturated heterocycles. The van der Waals surface area contributed by atoms with Gasteiger partial charge in [0.1, 0.15) is 0 Å². The first-order chi connectivity index (χ1) is 12.9. The van der Waals surface area contributed by atoms with Crippen LogP contribution in [0.3, 0.4) is 0 Å². The van der Waals surface area contributed by atoms with Crippen LogP contribution in [0, 0.1) is 5.92 Å². The Morgan fingerprint density at radius 2 is 1.67 bits per heavy atom. The molecular weight excluding hydrogens is 358 g/mol. The SMILES string of the molecule is CCN1CCC(CN2CCN(c3cccc(S(=O)(=O)C(C)C)c3)CC2)CC1. The predicted octanol–water partition coefficient (Wildman–Crippen LogP) is 2.72. The van der Waals surface area contributed by atoms with E-state index in [1.807, 2.05) is 18.2 Å². The van der Waals surface area contributed by atoms with E-state index in [9.17, 15) is 8.42 Å². The van der Waals surface area contributed by atoms with E-state index in [1.54, 1.807) is 19.9 Å². The minimum Gasteiger partial charge on any atom is -0.369 e. The summed E-state index contributed by atoms with van der Waals surface area (Å²) >= 11 is 0. The van der Waals surface area contributed by atoms with E-state index in [-0.39, 0.29) is 5.25 Å². The number of piperazine rings is 1. The Labute approximate surface area is 165 Å². The molecule has 0 saturated carbocycles. The standard InChI is InChI=1S/C21H35N3O2S/c1-4-22-10-8-19(9-11-22)17-23-12-14-24(15-13-23)20-6-5-7-21(16-20)27(25,26)18(2)3/h5-7,16,18-19H,4,8-15,17H2,1-3H3. The van der Waals surface area contributed by atoms with Crippen molar-refractivity contribution in [2.24, 2.45) is 5.92 Å². The van der Waals surface area contributed by atoms with Crippen molar-refractivity contribution in [3.05, 3.63) is 24.3 Å². The fourth-order valence-electron chi connectivity index (χ4n) is 4.17. The molecule has 0 spiro atoms. The molecule has 0 amide bonds. The highest BCUT2D eigenvalue weighted by molar-refractivity contribution is 7.92. The largest absolute Gasteiger partial charge is 0.369 e. The minimum atomic E-state index is -3.22. The van der Waals surface area contributed by atoms with Crippen molar-refractivity contribution in [3.63, 3.8) is 0 Å². The van der Waals surface area contributed by atoms with Crippen LogP contribution in [0.25, 0.3) is 0 Å². The summed E-state index contributed by atoms with van der Waals surface area (Å²) in [6.07, 6.45) is 2.65.